The summed E-state index contributed by atoms with van der Waals surface area (Å²) in [6.45, 7) is 2.25. The van der Waals surface area contributed by atoms with Gasteiger partial charge in [-0.15, -0.1) is 0 Å². The van der Waals surface area contributed by atoms with E-state index < -0.39 is 0 Å². The Kier molecular flexibility index (Phi) is 5.90. The molecule has 1 aromatic rings. The minimum Gasteiger partial charge on any atom is -0.369 e. The standard InChI is InChI=1S/C12H23N3/c1-2-3-4-5-6-7-8-9-11-10-14-12(13)15-11/h10H,2-9H2,1H3,(H3,13,14,15). The van der Waals surface area contributed by atoms with E-state index in [0.717, 1.165) is 6.42 Å². The van der Waals surface area contributed by atoms with E-state index in [1.807, 2.05) is 6.20 Å². The van der Waals surface area contributed by atoms with Gasteiger partial charge in [0.15, 0.2) is 5.95 Å². The molecule has 3 N–H and O–H groups in total. The Morgan fingerprint density at radius 3 is 2.40 bits per heavy atom. The molecule has 1 rings (SSSR count). The summed E-state index contributed by atoms with van der Waals surface area (Å²) in [6, 6.07) is 0. The van der Waals surface area contributed by atoms with Gasteiger partial charge in [-0.05, 0) is 12.8 Å². The molecule has 0 unspecified atom stereocenters. The van der Waals surface area contributed by atoms with Crippen molar-refractivity contribution >= 4 is 5.95 Å². The summed E-state index contributed by atoms with van der Waals surface area (Å²) >= 11 is 0. The van der Waals surface area contributed by atoms with Crippen LogP contribution in [0.25, 0.3) is 0 Å². The van der Waals surface area contributed by atoms with Crippen molar-refractivity contribution in [3.8, 4) is 0 Å². The van der Waals surface area contributed by atoms with E-state index in [1.54, 1.807) is 0 Å². The summed E-state index contributed by atoms with van der Waals surface area (Å²) in [5.41, 5.74) is 6.66. The average molecular weight is 209 g/mol. The van der Waals surface area contributed by atoms with Crippen LogP contribution in [0.3, 0.4) is 0 Å². The first-order valence-corrected chi connectivity index (χ1v) is 6.12. The van der Waals surface area contributed by atoms with Crippen molar-refractivity contribution < 1.29 is 0 Å². The van der Waals surface area contributed by atoms with E-state index in [9.17, 15) is 0 Å². The van der Waals surface area contributed by atoms with Gasteiger partial charge in [0.25, 0.3) is 0 Å². The van der Waals surface area contributed by atoms with Crippen molar-refractivity contribution in [3.05, 3.63) is 11.9 Å². The zero-order chi connectivity index (χ0) is 10.9. The molecule has 0 amide bonds. The SMILES string of the molecule is CCCCCCCCCc1cnc(N)[nH]1. The second-order valence-electron chi connectivity index (χ2n) is 4.16. The molecule has 0 aliphatic rings. The lowest BCUT2D eigenvalue weighted by molar-refractivity contribution is 0.587. The van der Waals surface area contributed by atoms with Crippen molar-refractivity contribution in [2.45, 2.75) is 58.3 Å². The Morgan fingerprint density at radius 2 is 1.80 bits per heavy atom. The van der Waals surface area contributed by atoms with Gasteiger partial charge >= 0.3 is 0 Å². The third-order valence-electron chi connectivity index (χ3n) is 2.70. The van der Waals surface area contributed by atoms with Crippen LogP contribution in [0.4, 0.5) is 5.95 Å². The lowest BCUT2D eigenvalue weighted by Crippen LogP contribution is -1.89. The first kappa shape index (κ1) is 12.1. The maximum absolute atomic E-state index is 5.50. The fraction of sp³-hybridized carbons (Fsp3) is 0.750. The number of aromatic nitrogens is 2. The quantitative estimate of drug-likeness (QED) is 0.645. The number of hydrogen-bond donors (Lipinski definition) is 2. The monoisotopic (exact) mass is 209 g/mol. The highest BCUT2D eigenvalue weighted by molar-refractivity contribution is 5.18. The van der Waals surface area contributed by atoms with E-state index in [4.69, 9.17) is 5.73 Å². The molecule has 0 aromatic carbocycles. The van der Waals surface area contributed by atoms with Gasteiger partial charge < -0.3 is 10.7 Å². The second kappa shape index (κ2) is 7.32. The van der Waals surface area contributed by atoms with Crippen molar-refractivity contribution in [2.75, 3.05) is 5.73 Å². The molecule has 86 valence electrons. The van der Waals surface area contributed by atoms with E-state index in [-0.39, 0.29) is 0 Å². The minimum atomic E-state index is 0.535. The number of nitrogen functional groups attached to an aromatic ring is 1. The third kappa shape index (κ3) is 5.45. The number of aromatic amines is 1. The molecule has 0 saturated carbocycles. The van der Waals surface area contributed by atoms with Gasteiger partial charge in [-0.25, -0.2) is 4.98 Å². The van der Waals surface area contributed by atoms with Crippen LogP contribution < -0.4 is 5.73 Å². The van der Waals surface area contributed by atoms with Crippen LogP contribution in [0.15, 0.2) is 6.20 Å². The van der Waals surface area contributed by atoms with Crippen LogP contribution >= 0.6 is 0 Å². The van der Waals surface area contributed by atoms with Crippen LogP contribution in [-0.4, -0.2) is 9.97 Å². The molecular weight excluding hydrogens is 186 g/mol. The van der Waals surface area contributed by atoms with Crippen LogP contribution in [0.5, 0.6) is 0 Å². The molecule has 0 aliphatic heterocycles. The summed E-state index contributed by atoms with van der Waals surface area (Å²) < 4.78 is 0. The Labute approximate surface area is 92.5 Å². The maximum atomic E-state index is 5.50. The highest BCUT2D eigenvalue weighted by atomic mass is 15.0. The summed E-state index contributed by atoms with van der Waals surface area (Å²) in [4.78, 5) is 7.03. The number of H-pyrrole nitrogens is 1. The largest absolute Gasteiger partial charge is 0.369 e. The molecule has 1 heterocycles. The van der Waals surface area contributed by atoms with Crippen LogP contribution in [0, 0.1) is 0 Å². The zero-order valence-corrected chi connectivity index (χ0v) is 9.76. The first-order chi connectivity index (χ1) is 7.33. The smallest absolute Gasteiger partial charge is 0.197 e. The number of rotatable bonds is 8. The van der Waals surface area contributed by atoms with Crippen molar-refractivity contribution in [1.29, 1.82) is 0 Å². The number of unbranched alkanes of at least 4 members (excludes halogenated alkanes) is 6. The Morgan fingerprint density at radius 1 is 1.13 bits per heavy atom. The van der Waals surface area contributed by atoms with Gasteiger partial charge in [0.2, 0.25) is 0 Å². The number of imidazole rings is 1. The lowest BCUT2D eigenvalue weighted by atomic mass is 10.1. The summed E-state index contributed by atoms with van der Waals surface area (Å²) in [7, 11) is 0. The van der Waals surface area contributed by atoms with Gasteiger partial charge in [-0.3, -0.25) is 0 Å². The number of nitrogens with two attached hydrogens (primary N) is 1. The molecule has 15 heavy (non-hydrogen) atoms. The zero-order valence-electron chi connectivity index (χ0n) is 9.76. The fourth-order valence-corrected chi connectivity index (χ4v) is 1.78. The second-order valence-corrected chi connectivity index (χ2v) is 4.16. The summed E-state index contributed by atoms with van der Waals surface area (Å²) in [5.74, 6) is 0.535. The van der Waals surface area contributed by atoms with E-state index in [2.05, 4.69) is 16.9 Å². The maximum Gasteiger partial charge on any atom is 0.197 e. The van der Waals surface area contributed by atoms with E-state index in [0.29, 0.717) is 5.95 Å². The number of anilines is 1. The number of nitrogens with one attached hydrogen (secondary N) is 1. The van der Waals surface area contributed by atoms with Crippen LogP contribution in [-0.2, 0) is 6.42 Å². The summed E-state index contributed by atoms with van der Waals surface area (Å²) in [5, 5.41) is 0. The van der Waals surface area contributed by atoms with E-state index >= 15 is 0 Å². The van der Waals surface area contributed by atoms with Crippen LogP contribution in [0.2, 0.25) is 0 Å². The highest BCUT2D eigenvalue weighted by Crippen LogP contribution is 2.09. The topological polar surface area (TPSA) is 54.7 Å². The lowest BCUT2D eigenvalue weighted by Gasteiger charge is -1.99. The number of aryl methyl sites for hydroxylation is 1. The molecule has 3 heteroatoms. The van der Waals surface area contributed by atoms with Gasteiger partial charge in [-0.1, -0.05) is 45.4 Å². The van der Waals surface area contributed by atoms with Gasteiger partial charge in [0.05, 0.1) is 6.20 Å². The highest BCUT2D eigenvalue weighted by Gasteiger charge is 1.97. The molecule has 0 bridgehead atoms. The summed E-state index contributed by atoms with van der Waals surface area (Å²) in [6.07, 6.45) is 12.3. The molecule has 0 saturated heterocycles. The average Bonchev–Trinajstić information content (AvgIpc) is 2.63. The molecule has 3 nitrogen and oxygen atoms in total. The molecule has 0 fully saturated rings. The molecule has 0 radical (unpaired) electrons. The molecule has 0 atom stereocenters. The van der Waals surface area contributed by atoms with Crippen LogP contribution in [0.1, 0.15) is 57.6 Å². The minimum absolute atomic E-state index is 0.535. The predicted octanol–water partition coefficient (Wildman–Crippen LogP) is 3.29. The van der Waals surface area contributed by atoms with Crippen molar-refractivity contribution in [1.82, 2.24) is 9.97 Å². The molecule has 0 aliphatic carbocycles. The first-order valence-electron chi connectivity index (χ1n) is 6.12. The third-order valence-corrected chi connectivity index (χ3v) is 2.70. The number of nitrogens with zero attached hydrogens (tertiary/aromatic N) is 1. The van der Waals surface area contributed by atoms with Crippen molar-refractivity contribution in [2.24, 2.45) is 0 Å². The Hall–Kier alpha value is -0.990. The normalized spacial score (nSPS) is 10.7. The van der Waals surface area contributed by atoms with Crippen molar-refractivity contribution in [3.63, 3.8) is 0 Å². The Balaban J connectivity index is 1.93. The molecule has 0 spiro atoms. The Bertz CT molecular complexity index is 255. The van der Waals surface area contributed by atoms with Gasteiger partial charge in [0, 0.05) is 5.69 Å². The van der Waals surface area contributed by atoms with E-state index in [1.165, 1.54) is 50.6 Å². The molecular formula is C12H23N3. The molecule has 1 aromatic heterocycles. The fourth-order valence-electron chi connectivity index (χ4n) is 1.78. The van der Waals surface area contributed by atoms with Gasteiger partial charge in [-0.2, -0.15) is 0 Å². The number of hydrogen-bond acceptors (Lipinski definition) is 2. The van der Waals surface area contributed by atoms with Gasteiger partial charge in [0.1, 0.15) is 0 Å². The predicted molar refractivity (Wildman–Crippen MR) is 64.7 cm³/mol.